The number of hydrogen-bond donors (Lipinski definition) is 1. The summed E-state index contributed by atoms with van der Waals surface area (Å²) in [5, 5.41) is 0. The van der Waals surface area contributed by atoms with Gasteiger partial charge in [-0.15, -0.1) is 12.6 Å². The normalized spacial score (nSPS) is 10.4. The van der Waals surface area contributed by atoms with Crippen LogP contribution in [0.1, 0.15) is 21.5 Å². The molecule has 0 atom stereocenters. The van der Waals surface area contributed by atoms with Crippen LogP contribution < -0.4 is 0 Å². The van der Waals surface area contributed by atoms with Crippen LogP contribution >= 0.6 is 12.6 Å². The largest absolute Gasteiger partial charge is 0.288 e. The molecule has 2 aromatic carbocycles. The molecule has 1 nitrogen and oxygen atoms in total. The van der Waals surface area contributed by atoms with Crippen molar-refractivity contribution in [3.05, 3.63) is 64.7 Å². The summed E-state index contributed by atoms with van der Waals surface area (Å²) in [5.74, 6) is -2.43. The molecule has 0 aliphatic rings. The summed E-state index contributed by atoms with van der Waals surface area (Å²) in [6.07, 6.45) is 0. The molecule has 0 saturated heterocycles. The van der Waals surface area contributed by atoms with E-state index in [-0.39, 0.29) is 5.56 Å². The topological polar surface area (TPSA) is 17.1 Å². The Morgan fingerprint density at radius 1 is 1.11 bits per heavy atom. The van der Waals surface area contributed by atoms with Crippen LogP contribution in [0.3, 0.4) is 0 Å². The van der Waals surface area contributed by atoms with E-state index >= 15 is 0 Å². The number of benzene rings is 2. The molecule has 0 bridgehead atoms. The van der Waals surface area contributed by atoms with Gasteiger partial charge in [0.25, 0.3) is 0 Å². The number of carbonyl (C=O) groups excluding carboxylic acids is 1. The van der Waals surface area contributed by atoms with Gasteiger partial charge in [0.1, 0.15) is 11.6 Å². The SMILES string of the molecule is Cc1ccc(C(=O)c2c(F)cccc2F)c(S)c1. The van der Waals surface area contributed by atoms with Crippen molar-refractivity contribution < 1.29 is 13.6 Å². The van der Waals surface area contributed by atoms with Gasteiger partial charge in [-0.1, -0.05) is 12.1 Å². The van der Waals surface area contributed by atoms with Crippen LogP contribution in [0, 0.1) is 18.6 Å². The van der Waals surface area contributed by atoms with E-state index in [1.807, 2.05) is 6.92 Å². The Bertz CT molecular complexity index is 603. The Morgan fingerprint density at radius 2 is 1.72 bits per heavy atom. The van der Waals surface area contributed by atoms with Crippen LogP contribution in [0.4, 0.5) is 8.78 Å². The van der Waals surface area contributed by atoms with Gasteiger partial charge in [-0.3, -0.25) is 4.79 Å². The van der Waals surface area contributed by atoms with Gasteiger partial charge in [0, 0.05) is 10.5 Å². The average Bonchev–Trinajstić information content (AvgIpc) is 2.28. The lowest BCUT2D eigenvalue weighted by atomic mass is 10.0. The standard InChI is InChI=1S/C14H10F2OS/c1-8-5-6-9(12(18)7-8)14(17)13-10(15)3-2-4-11(13)16/h2-7,18H,1H3. The Labute approximate surface area is 109 Å². The highest BCUT2D eigenvalue weighted by atomic mass is 32.1. The van der Waals surface area contributed by atoms with Crippen LogP contribution in [0.25, 0.3) is 0 Å². The molecule has 4 heteroatoms. The summed E-state index contributed by atoms with van der Waals surface area (Å²) >= 11 is 4.16. The molecule has 0 aliphatic carbocycles. The van der Waals surface area contributed by atoms with E-state index < -0.39 is 23.0 Å². The van der Waals surface area contributed by atoms with Crippen molar-refractivity contribution in [2.24, 2.45) is 0 Å². The summed E-state index contributed by atoms with van der Waals surface area (Å²) in [4.78, 5) is 12.5. The fourth-order valence-corrected chi connectivity index (χ4v) is 2.06. The summed E-state index contributed by atoms with van der Waals surface area (Å²) in [6, 6.07) is 8.23. The molecular formula is C14H10F2OS. The predicted molar refractivity (Wildman–Crippen MR) is 68.2 cm³/mol. The highest BCUT2D eigenvalue weighted by molar-refractivity contribution is 7.80. The third-order valence-electron chi connectivity index (χ3n) is 2.59. The van der Waals surface area contributed by atoms with Gasteiger partial charge >= 0.3 is 0 Å². The molecule has 0 fully saturated rings. The highest BCUT2D eigenvalue weighted by Gasteiger charge is 2.20. The quantitative estimate of drug-likeness (QED) is 0.645. The molecule has 0 radical (unpaired) electrons. The van der Waals surface area contributed by atoms with Crippen molar-refractivity contribution in [3.8, 4) is 0 Å². The second-order valence-electron chi connectivity index (χ2n) is 3.95. The van der Waals surface area contributed by atoms with E-state index in [0.717, 1.165) is 17.7 Å². The van der Waals surface area contributed by atoms with Crippen molar-refractivity contribution in [2.45, 2.75) is 11.8 Å². The molecule has 18 heavy (non-hydrogen) atoms. The number of halogens is 2. The molecule has 0 aliphatic heterocycles. The van der Waals surface area contributed by atoms with Crippen LogP contribution in [0.5, 0.6) is 0 Å². The van der Waals surface area contributed by atoms with E-state index in [4.69, 9.17) is 0 Å². The van der Waals surface area contributed by atoms with Crippen molar-refractivity contribution >= 4 is 18.4 Å². The molecular weight excluding hydrogens is 254 g/mol. The lowest BCUT2D eigenvalue weighted by Crippen LogP contribution is -2.08. The molecule has 0 saturated carbocycles. The molecule has 0 amide bonds. The molecule has 0 aromatic heterocycles. The Kier molecular flexibility index (Phi) is 3.48. The van der Waals surface area contributed by atoms with Crippen LogP contribution in [-0.4, -0.2) is 5.78 Å². The number of rotatable bonds is 2. The van der Waals surface area contributed by atoms with E-state index in [1.165, 1.54) is 12.1 Å². The fourth-order valence-electron chi connectivity index (χ4n) is 1.68. The number of ketones is 1. The minimum Gasteiger partial charge on any atom is -0.288 e. The second-order valence-corrected chi connectivity index (χ2v) is 4.43. The summed E-state index contributed by atoms with van der Waals surface area (Å²) in [5.41, 5.74) is 0.565. The van der Waals surface area contributed by atoms with E-state index in [0.29, 0.717) is 4.90 Å². The summed E-state index contributed by atoms with van der Waals surface area (Å²) < 4.78 is 27.0. The first-order chi connectivity index (χ1) is 8.50. The lowest BCUT2D eigenvalue weighted by molar-refractivity contribution is 0.102. The third kappa shape index (κ3) is 2.29. The van der Waals surface area contributed by atoms with Crippen molar-refractivity contribution in [2.75, 3.05) is 0 Å². The first-order valence-corrected chi connectivity index (χ1v) is 5.73. The van der Waals surface area contributed by atoms with Gasteiger partial charge in [0.05, 0.1) is 5.56 Å². The first-order valence-electron chi connectivity index (χ1n) is 5.29. The zero-order valence-corrected chi connectivity index (χ0v) is 10.5. The van der Waals surface area contributed by atoms with E-state index in [2.05, 4.69) is 12.6 Å². The number of thiol groups is 1. The summed E-state index contributed by atoms with van der Waals surface area (Å²) in [7, 11) is 0. The lowest BCUT2D eigenvalue weighted by Gasteiger charge is -2.07. The fraction of sp³-hybridized carbons (Fsp3) is 0.0714. The van der Waals surface area contributed by atoms with Gasteiger partial charge in [-0.05, 0) is 36.8 Å². The number of aryl methyl sites for hydroxylation is 1. The first kappa shape index (κ1) is 12.8. The van der Waals surface area contributed by atoms with Gasteiger partial charge in [-0.2, -0.15) is 0 Å². The Hall–Kier alpha value is -1.68. The van der Waals surface area contributed by atoms with E-state index in [1.54, 1.807) is 12.1 Å². The van der Waals surface area contributed by atoms with Crippen LogP contribution in [0.15, 0.2) is 41.3 Å². The van der Waals surface area contributed by atoms with Crippen molar-refractivity contribution in [3.63, 3.8) is 0 Å². The molecule has 2 aromatic rings. The van der Waals surface area contributed by atoms with Gasteiger partial charge in [0.15, 0.2) is 5.78 Å². The van der Waals surface area contributed by atoms with E-state index in [9.17, 15) is 13.6 Å². The van der Waals surface area contributed by atoms with Crippen molar-refractivity contribution in [1.29, 1.82) is 0 Å². The maximum absolute atomic E-state index is 13.5. The van der Waals surface area contributed by atoms with Gasteiger partial charge in [0.2, 0.25) is 0 Å². The number of carbonyl (C=O) groups is 1. The molecule has 0 heterocycles. The maximum Gasteiger partial charge on any atom is 0.200 e. The molecule has 0 unspecified atom stereocenters. The predicted octanol–water partition coefficient (Wildman–Crippen LogP) is 3.79. The Balaban J connectivity index is 2.55. The summed E-state index contributed by atoms with van der Waals surface area (Å²) in [6.45, 7) is 1.84. The number of hydrogen-bond acceptors (Lipinski definition) is 2. The minimum absolute atomic E-state index is 0.188. The monoisotopic (exact) mass is 264 g/mol. The smallest absolute Gasteiger partial charge is 0.200 e. The highest BCUT2D eigenvalue weighted by Crippen LogP contribution is 2.22. The average molecular weight is 264 g/mol. The minimum atomic E-state index is -0.867. The Morgan fingerprint density at radius 3 is 2.28 bits per heavy atom. The maximum atomic E-state index is 13.5. The van der Waals surface area contributed by atoms with Crippen LogP contribution in [-0.2, 0) is 0 Å². The van der Waals surface area contributed by atoms with Gasteiger partial charge in [-0.25, -0.2) is 8.78 Å². The molecule has 0 N–H and O–H groups in total. The van der Waals surface area contributed by atoms with Gasteiger partial charge < -0.3 is 0 Å². The zero-order valence-electron chi connectivity index (χ0n) is 9.58. The third-order valence-corrected chi connectivity index (χ3v) is 2.96. The molecule has 0 spiro atoms. The molecule has 92 valence electrons. The van der Waals surface area contributed by atoms with Crippen LogP contribution in [0.2, 0.25) is 0 Å². The molecule has 2 rings (SSSR count). The van der Waals surface area contributed by atoms with Crippen molar-refractivity contribution in [1.82, 2.24) is 0 Å². The zero-order chi connectivity index (χ0) is 13.3. The second kappa shape index (κ2) is 4.90.